The Labute approximate surface area is 111 Å². The van der Waals surface area contributed by atoms with Gasteiger partial charge in [-0.05, 0) is 19.2 Å². The Morgan fingerprint density at radius 1 is 1.37 bits per heavy atom. The second-order valence-electron chi connectivity index (χ2n) is 4.81. The molecule has 1 N–H and O–H groups in total. The van der Waals surface area contributed by atoms with Crippen LogP contribution in [0.4, 0.5) is 0 Å². The number of Topliss-reactive ketones (excluding diaryl/α,β-unsaturated/α-hetero) is 1. The maximum Gasteiger partial charge on any atom is 0.169 e. The predicted octanol–water partition coefficient (Wildman–Crippen LogP) is 1.65. The molecular weight excluding hydrogens is 240 g/mol. The summed E-state index contributed by atoms with van der Waals surface area (Å²) in [6.07, 6.45) is 1.74. The fourth-order valence-corrected chi connectivity index (χ4v) is 2.53. The predicted molar refractivity (Wildman–Crippen MR) is 73.2 cm³/mol. The van der Waals surface area contributed by atoms with Gasteiger partial charge in [0.2, 0.25) is 0 Å². The van der Waals surface area contributed by atoms with Crippen molar-refractivity contribution < 1.29 is 9.53 Å². The molecule has 2 aromatic rings. The number of ether oxygens (including phenoxy) is 1. The molecule has 2 heterocycles. The summed E-state index contributed by atoms with van der Waals surface area (Å²) in [5.74, 6) is 0.0237. The number of hydrogen-bond acceptors (Lipinski definition) is 4. The Bertz CT molecular complexity index is 612. The molecule has 4 heteroatoms. The lowest BCUT2D eigenvalue weighted by Crippen LogP contribution is -2.37. The number of aromatic nitrogens is 1. The Balaban J connectivity index is 1.93. The van der Waals surface area contributed by atoms with Crippen molar-refractivity contribution in [3.63, 3.8) is 0 Å². The van der Waals surface area contributed by atoms with Gasteiger partial charge in [0, 0.05) is 23.2 Å². The van der Waals surface area contributed by atoms with Gasteiger partial charge in [-0.3, -0.25) is 9.78 Å². The van der Waals surface area contributed by atoms with Crippen LogP contribution in [0.15, 0.2) is 36.5 Å². The van der Waals surface area contributed by atoms with Crippen molar-refractivity contribution in [1.82, 2.24) is 10.3 Å². The first-order chi connectivity index (χ1) is 9.29. The van der Waals surface area contributed by atoms with Gasteiger partial charge in [0.15, 0.2) is 5.78 Å². The number of carbonyl (C=O) groups excluding carboxylic acids is 1. The van der Waals surface area contributed by atoms with Gasteiger partial charge >= 0.3 is 0 Å². The SMILES string of the molecule is CNC1COCC1C(=O)c1ccc2cccnc2c1. The summed E-state index contributed by atoms with van der Waals surface area (Å²) in [7, 11) is 1.86. The summed E-state index contributed by atoms with van der Waals surface area (Å²) >= 11 is 0. The largest absolute Gasteiger partial charge is 0.379 e. The van der Waals surface area contributed by atoms with Crippen molar-refractivity contribution in [2.75, 3.05) is 20.3 Å². The number of carbonyl (C=O) groups is 1. The van der Waals surface area contributed by atoms with Crippen LogP contribution < -0.4 is 5.32 Å². The van der Waals surface area contributed by atoms with Crippen molar-refractivity contribution in [2.24, 2.45) is 5.92 Å². The van der Waals surface area contributed by atoms with E-state index in [1.807, 2.05) is 37.4 Å². The van der Waals surface area contributed by atoms with Gasteiger partial charge in [0.1, 0.15) is 0 Å². The van der Waals surface area contributed by atoms with Crippen LogP contribution in [-0.4, -0.2) is 37.1 Å². The van der Waals surface area contributed by atoms with Crippen LogP contribution in [0.2, 0.25) is 0 Å². The standard InChI is InChI=1S/C15H16N2O2/c1-16-14-9-19-8-12(14)15(18)11-5-4-10-3-2-6-17-13(10)7-11/h2-7,12,14,16H,8-9H2,1H3. The molecule has 0 spiro atoms. The first-order valence-corrected chi connectivity index (χ1v) is 6.43. The molecular formula is C15H16N2O2. The molecule has 19 heavy (non-hydrogen) atoms. The maximum absolute atomic E-state index is 12.5. The summed E-state index contributed by atoms with van der Waals surface area (Å²) in [5, 5.41) is 4.19. The second kappa shape index (κ2) is 5.07. The number of fused-ring (bicyclic) bond motifs is 1. The van der Waals surface area contributed by atoms with E-state index in [4.69, 9.17) is 4.74 Å². The third-order valence-corrected chi connectivity index (χ3v) is 3.68. The molecule has 1 aliphatic rings. The number of benzene rings is 1. The van der Waals surface area contributed by atoms with Crippen LogP contribution in [0.3, 0.4) is 0 Å². The summed E-state index contributed by atoms with van der Waals surface area (Å²) in [6.45, 7) is 1.09. The fourth-order valence-electron chi connectivity index (χ4n) is 2.53. The molecule has 2 unspecified atom stereocenters. The minimum atomic E-state index is -0.105. The third-order valence-electron chi connectivity index (χ3n) is 3.68. The van der Waals surface area contributed by atoms with E-state index in [1.54, 1.807) is 6.20 Å². The average Bonchev–Trinajstić information content (AvgIpc) is 2.94. The number of nitrogens with one attached hydrogen (secondary N) is 1. The van der Waals surface area contributed by atoms with Crippen LogP contribution >= 0.6 is 0 Å². The summed E-state index contributed by atoms with van der Waals surface area (Å²) in [6, 6.07) is 9.67. The number of hydrogen-bond donors (Lipinski definition) is 1. The normalized spacial score (nSPS) is 22.8. The molecule has 0 amide bonds. The molecule has 0 aliphatic carbocycles. The zero-order valence-electron chi connectivity index (χ0n) is 10.8. The van der Waals surface area contributed by atoms with E-state index < -0.39 is 0 Å². The fraction of sp³-hybridized carbons (Fsp3) is 0.333. The van der Waals surface area contributed by atoms with E-state index in [9.17, 15) is 4.79 Å². The highest BCUT2D eigenvalue weighted by Gasteiger charge is 2.33. The molecule has 3 rings (SSSR count). The van der Waals surface area contributed by atoms with Crippen LogP contribution in [0.1, 0.15) is 10.4 Å². The molecule has 1 fully saturated rings. The average molecular weight is 256 g/mol. The molecule has 0 radical (unpaired) electrons. The Hall–Kier alpha value is -1.78. The van der Waals surface area contributed by atoms with Crippen molar-refractivity contribution in [1.29, 1.82) is 0 Å². The molecule has 2 atom stereocenters. The van der Waals surface area contributed by atoms with Crippen molar-refractivity contribution >= 4 is 16.7 Å². The molecule has 0 saturated carbocycles. The van der Waals surface area contributed by atoms with E-state index in [1.165, 1.54) is 0 Å². The lowest BCUT2D eigenvalue weighted by atomic mass is 9.93. The number of pyridine rings is 1. The second-order valence-corrected chi connectivity index (χ2v) is 4.81. The van der Waals surface area contributed by atoms with E-state index in [0.717, 1.165) is 10.9 Å². The van der Waals surface area contributed by atoms with Crippen LogP contribution in [-0.2, 0) is 4.74 Å². The van der Waals surface area contributed by atoms with Crippen molar-refractivity contribution in [3.8, 4) is 0 Å². The van der Waals surface area contributed by atoms with Gasteiger partial charge in [0.05, 0.1) is 24.6 Å². The quantitative estimate of drug-likeness (QED) is 0.848. The Kier molecular flexibility index (Phi) is 3.27. The molecule has 98 valence electrons. The first kappa shape index (κ1) is 12.3. The van der Waals surface area contributed by atoms with Crippen LogP contribution in [0.5, 0.6) is 0 Å². The highest BCUT2D eigenvalue weighted by molar-refractivity contribution is 6.01. The number of rotatable bonds is 3. The lowest BCUT2D eigenvalue weighted by molar-refractivity contribution is 0.0892. The zero-order valence-corrected chi connectivity index (χ0v) is 10.8. The minimum Gasteiger partial charge on any atom is -0.379 e. The van der Waals surface area contributed by atoms with E-state index in [2.05, 4.69) is 10.3 Å². The molecule has 1 aromatic carbocycles. The Morgan fingerprint density at radius 3 is 3.11 bits per heavy atom. The van der Waals surface area contributed by atoms with Crippen molar-refractivity contribution in [2.45, 2.75) is 6.04 Å². The van der Waals surface area contributed by atoms with Crippen LogP contribution in [0.25, 0.3) is 10.9 Å². The van der Waals surface area contributed by atoms with Crippen molar-refractivity contribution in [3.05, 3.63) is 42.1 Å². The smallest absolute Gasteiger partial charge is 0.169 e. The molecule has 1 saturated heterocycles. The van der Waals surface area contributed by atoms with Gasteiger partial charge in [-0.1, -0.05) is 18.2 Å². The van der Waals surface area contributed by atoms with Gasteiger partial charge in [-0.15, -0.1) is 0 Å². The van der Waals surface area contributed by atoms with E-state index in [-0.39, 0.29) is 17.7 Å². The molecule has 1 aliphatic heterocycles. The highest BCUT2D eigenvalue weighted by Crippen LogP contribution is 2.21. The molecule has 0 bridgehead atoms. The van der Waals surface area contributed by atoms with E-state index in [0.29, 0.717) is 18.8 Å². The molecule has 4 nitrogen and oxygen atoms in total. The van der Waals surface area contributed by atoms with Gasteiger partial charge in [-0.2, -0.15) is 0 Å². The summed E-state index contributed by atoms with van der Waals surface area (Å²) in [4.78, 5) is 16.8. The Morgan fingerprint density at radius 2 is 2.26 bits per heavy atom. The lowest BCUT2D eigenvalue weighted by Gasteiger charge is -2.15. The first-order valence-electron chi connectivity index (χ1n) is 6.43. The maximum atomic E-state index is 12.5. The van der Waals surface area contributed by atoms with Gasteiger partial charge < -0.3 is 10.1 Å². The van der Waals surface area contributed by atoms with Crippen LogP contribution in [0, 0.1) is 5.92 Å². The molecule has 1 aromatic heterocycles. The van der Waals surface area contributed by atoms with Gasteiger partial charge in [0.25, 0.3) is 0 Å². The minimum absolute atomic E-state index is 0.104. The third kappa shape index (κ3) is 2.25. The summed E-state index contributed by atoms with van der Waals surface area (Å²) < 4.78 is 5.39. The van der Waals surface area contributed by atoms with Gasteiger partial charge in [-0.25, -0.2) is 0 Å². The zero-order chi connectivity index (χ0) is 13.2. The topological polar surface area (TPSA) is 51.2 Å². The number of ketones is 1. The monoisotopic (exact) mass is 256 g/mol. The number of nitrogens with zero attached hydrogens (tertiary/aromatic N) is 1. The number of likely N-dealkylation sites (N-methyl/N-ethyl adjacent to an activating group) is 1. The summed E-state index contributed by atoms with van der Waals surface area (Å²) in [5.41, 5.74) is 1.57. The highest BCUT2D eigenvalue weighted by atomic mass is 16.5. The van der Waals surface area contributed by atoms with E-state index >= 15 is 0 Å².